The Kier molecular flexibility index (Phi) is 7.17. The summed E-state index contributed by atoms with van der Waals surface area (Å²) in [6.07, 6.45) is 0. The number of hydrogen-bond donors (Lipinski definition) is 2. The summed E-state index contributed by atoms with van der Waals surface area (Å²) < 4.78 is 5.77. The lowest BCUT2D eigenvalue weighted by molar-refractivity contribution is -0.136. The summed E-state index contributed by atoms with van der Waals surface area (Å²) in [5, 5.41) is 6.60. The number of benzene rings is 3. The molecule has 0 aromatic heterocycles. The monoisotopic (exact) mass is 415 g/mol. The van der Waals surface area contributed by atoms with Gasteiger partial charge in [0.15, 0.2) is 0 Å². The highest BCUT2D eigenvalue weighted by atomic mass is 16.5. The Bertz CT molecular complexity index is 1090. The first-order chi connectivity index (χ1) is 14.9. The molecule has 2 amide bonds. The van der Waals surface area contributed by atoms with Crippen LogP contribution in [0.4, 0.5) is 5.69 Å². The molecule has 3 rings (SSSR count). The fraction of sp³-hybridized carbons (Fsp3) is 0.160. The smallest absolute Gasteiger partial charge is 0.329 e. The van der Waals surface area contributed by atoms with E-state index in [4.69, 9.17) is 4.74 Å². The molecule has 0 unspecified atom stereocenters. The van der Waals surface area contributed by atoms with Crippen molar-refractivity contribution >= 4 is 23.2 Å². The van der Waals surface area contributed by atoms with Crippen molar-refractivity contribution in [3.8, 4) is 5.75 Å². The zero-order valence-electron chi connectivity index (χ0n) is 17.8. The van der Waals surface area contributed by atoms with Gasteiger partial charge in [-0.25, -0.2) is 5.43 Å². The minimum atomic E-state index is -0.833. The van der Waals surface area contributed by atoms with Gasteiger partial charge in [-0.2, -0.15) is 5.10 Å². The summed E-state index contributed by atoms with van der Waals surface area (Å²) in [6, 6.07) is 22.7. The second kappa shape index (κ2) is 10.2. The van der Waals surface area contributed by atoms with Gasteiger partial charge in [-0.1, -0.05) is 36.4 Å². The average molecular weight is 415 g/mol. The van der Waals surface area contributed by atoms with Crippen LogP contribution in [-0.4, -0.2) is 17.5 Å². The fourth-order valence-corrected chi connectivity index (χ4v) is 2.79. The van der Waals surface area contributed by atoms with Crippen molar-refractivity contribution in [2.75, 3.05) is 5.32 Å². The molecule has 0 radical (unpaired) electrons. The summed E-state index contributed by atoms with van der Waals surface area (Å²) in [6.45, 7) is 6.16. The van der Waals surface area contributed by atoms with Gasteiger partial charge in [0.1, 0.15) is 12.4 Å². The van der Waals surface area contributed by atoms with Crippen molar-refractivity contribution in [1.29, 1.82) is 0 Å². The maximum Gasteiger partial charge on any atom is 0.329 e. The summed E-state index contributed by atoms with van der Waals surface area (Å²) in [7, 11) is 0. The van der Waals surface area contributed by atoms with E-state index in [1.165, 1.54) is 0 Å². The lowest BCUT2D eigenvalue weighted by Gasteiger charge is -2.08. The van der Waals surface area contributed by atoms with Gasteiger partial charge in [-0.05, 0) is 79.4 Å². The van der Waals surface area contributed by atoms with E-state index >= 15 is 0 Å². The molecule has 0 atom stereocenters. The molecule has 3 aromatic rings. The predicted molar refractivity (Wildman–Crippen MR) is 122 cm³/mol. The number of anilines is 1. The van der Waals surface area contributed by atoms with Gasteiger partial charge >= 0.3 is 11.8 Å². The molecule has 0 saturated heterocycles. The molecular formula is C25H25N3O3. The highest BCUT2D eigenvalue weighted by molar-refractivity contribution is 6.39. The van der Waals surface area contributed by atoms with E-state index in [2.05, 4.69) is 15.8 Å². The highest BCUT2D eigenvalue weighted by Gasteiger charge is 2.13. The molecule has 158 valence electrons. The molecule has 31 heavy (non-hydrogen) atoms. The largest absolute Gasteiger partial charge is 0.489 e. The van der Waals surface area contributed by atoms with Crippen LogP contribution in [0.5, 0.6) is 5.75 Å². The van der Waals surface area contributed by atoms with Crippen LogP contribution in [0.15, 0.2) is 77.9 Å². The molecule has 0 aliphatic heterocycles. The molecule has 0 saturated carbocycles. The lowest BCUT2D eigenvalue weighted by Crippen LogP contribution is -2.33. The zero-order chi connectivity index (χ0) is 22.2. The number of aryl methyl sites for hydroxylation is 2. The number of carbonyl (C=O) groups excluding carboxylic acids is 2. The Labute approximate surface area is 182 Å². The molecule has 0 fully saturated rings. The summed E-state index contributed by atoms with van der Waals surface area (Å²) >= 11 is 0. The first-order valence-corrected chi connectivity index (χ1v) is 9.92. The summed E-state index contributed by atoms with van der Waals surface area (Å²) in [4.78, 5) is 24.1. The second-order valence-corrected chi connectivity index (χ2v) is 7.19. The van der Waals surface area contributed by atoms with E-state index in [1.807, 2.05) is 80.6 Å². The molecular weight excluding hydrogens is 390 g/mol. The minimum Gasteiger partial charge on any atom is -0.489 e. The van der Waals surface area contributed by atoms with Crippen LogP contribution in [0, 0.1) is 13.8 Å². The maximum absolute atomic E-state index is 12.1. The number of ether oxygens (including phenoxy) is 1. The third-order valence-corrected chi connectivity index (χ3v) is 4.82. The van der Waals surface area contributed by atoms with E-state index in [0.717, 1.165) is 28.0 Å². The lowest BCUT2D eigenvalue weighted by atomic mass is 10.1. The number of carbonyl (C=O) groups is 2. The van der Waals surface area contributed by atoms with Gasteiger partial charge in [0.25, 0.3) is 0 Å². The number of nitrogens with one attached hydrogen (secondary N) is 2. The summed E-state index contributed by atoms with van der Waals surface area (Å²) in [5.41, 5.74) is 7.47. The van der Waals surface area contributed by atoms with Crippen LogP contribution < -0.4 is 15.5 Å². The third kappa shape index (κ3) is 6.27. The molecule has 0 spiro atoms. The van der Waals surface area contributed by atoms with E-state index in [1.54, 1.807) is 13.0 Å². The minimum absolute atomic E-state index is 0.485. The maximum atomic E-state index is 12.1. The SMILES string of the molecule is C/C(=N\NC(=O)C(=O)Nc1ccc(C)c(C)c1)c1ccc(OCc2ccccc2)cc1. The van der Waals surface area contributed by atoms with Crippen LogP contribution in [0.1, 0.15) is 29.2 Å². The first-order valence-electron chi connectivity index (χ1n) is 9.92. The van der Waals surface area contributed by atoms with Crippen molar-refractivity contribution < 1.29 is 14.3 Å². The molecule has 0 heterocycles. The van der Waals surface area contributed by atoms with Crippen LogP contribution >= 0.6 is 0 Å². The predicted octanol–water partition coefficient (Wildman–Crippen LogP) is 4.36. The number of rotatable bonds is 6. The van der Waals surface area contributed by atoms with Gasteiger partial charge in [0.05, 0.1) is 5.71 Å². The molecule has 6 heteroatoms. The molecule has 0 aliphatic carbocycles. The number of hydrazone groups is 1. The normalized spacial score (nSPS) is 11.0. The zero-order valence-corrected chi connectivity index (χ0v) is 17.8. The Morgan fingerprint density at radius 1 is 0.871 bits per heavy atom. The number of nitrogens with zero attached hydrogens (tertiary/aromatic N) is 1. The Morgan fingerprint density at radius 2 is 1.58 bits per heavy atom. The van der Waals surface area contributed by atoms with Crippen molar-refractivity contribution in [3.05, 3.63) is 95.1 Å². The van der Waals surface area contributed by atoms with E-state index < -0.39 is 11.8 Å². The van der Waals surface area contributed by atoms with Crippen molar-refractivity contribution in [2.45, 2.75) is 27.4 Å². The number of hydrogen-bond acceptors (Lipinski definition) is 4. The Hall–Kier alpha value is -3.93. The van der Waals surface area contributed by atoms with E-state index in [-0.39, 0.29) is 0 Å². The van der Waals surface area contributed by atoms with Crippen molar-refractivity contribution in [1.82, 2.24) is 5.43 Å². The van der Waals surface area contributed by atoms with Crippen molar-refractivity contribution in [2.24, 2.45) is 5.10 Å². The van der Waals surface area contributed by atoms with Gasteiger partial charge in [0, 0.05) is 5.69 Å². The molecule has 3 aromatic carbocycles. The van der Waals surface area contributed by atoms with Crippen LogP contribution in [0.25, 0.3) is 0 Å². The van der Waals surface area contributed by atoms with Gasteiger partial charge in [-0.3, -0.25) is 9.59 Å². The quantitative estimate of drug-likeness (QED) is 0.357. The third-order valence-electron chi connectivity index (χ3n) is 4.82. The molecule has 2 N–H and O–H groups in total. The van der Waals surface area contributed by atoms with Gasteiger partial charge < -0.3 is 10.1 Å². The highest BCUT2D eigenvalue weighted by Crippen LogP contribution is 2.15. The Balaban J connectivity index is 1.53. The van der Waals surface area contributed by atoms with E-state index in [9.17, 15) is 9.59 Å². The molecule has 0 bridgehead atoms. The fourth-order valence-electron chi connectivity index (χ4n) is 2.79. The second-order valence-electron chi connectivity index (χ2n) is 7.19. The van der Waals surface area contributed by atoms with E-state index in [0.29, 0.717) is 18.0 Å². The van der Waals surface area contributed by atoms with Gasteiger partial charge in [-0.15, -0.1) is 0 Å². The molecule has 0 aliphatic rings. The van der Waals surface area contributed by atoms with Crippen LogP contribution in [-0.2, 0) is 16.2 Å². The average Bonchev–Trinajstić information content (AvgIpc) is 2.79. The Morgan fingerprint density at radius 3 is 2.26 bits per heavy atom. The molecule has 6 nitrogen and oxygen atoms in total. The van der Waals surface area contributed by atoms with Crippen LogP contribution in [0.2, 0.25) is 0 Å². The first kappa shape index (κ1) is 21.8. The summed E-state index contributed by atoms with van der Waals surface area (Å²) in [5.74, 6) is -0.873. The van der Waals surface area contributed by atoms with Gasteiger partial charge in [0.2, 0.25) is 0 Å². The van der Waals surface area contributed by atoms with Crippen LogP contribution in [0.3, 0.4) is 0 Å². The standard InChI is InChI=1S/C25H25N3O3/c1-17-9-12-22(15-18(17)2)26-24(29)25(30)28-27-19(3)21-10-13-23(14-11-21)31-16-20-7-5-4-6-8-20/h4-15H,16H2,1-3H3,(H,26,29)(H,28,30)/b27-19+. The van der Waals surface area contributed by atoms with Crippen molar-refractivity contribution in [3.63, 3.8) is 0 Å². The topological polar surface area (TPSA) is 79.8 Å². The number of amides is 2.